The van der Waals surface area contributed by atoms with Gasteiger partial charge >= 0.3 is 0 Å². The zero-order valence-corrected chi connectivity index (χ0v) is 13.6. The highest BCUT2D eigenvalue weighted by Gasteiger charge is 2.33. The zero-order chi connectivity index (χ0) is 16.4. The standard InChI is InChI=1S/C16H18FN3O2S/c1-10-13(15(21)20-5-7-22-8-6-20)14(19-16(23)18-10)11-3-2-4-12(17)9-11/h2-4,9,14H,5-8H2,1H3,(H2,18,19,23)/t14-/m1/s1. The van der Waals surface area contributed by atoms with Crippen molar-refractivity contribution in [3.05, 3.63) is 46.9 Å². The third kappa shape index (κ3) is 3.35. The molecule has 0 saturated carbocycles. The molecule has 7 heteroatoms. The monoisotopic (exact) mass is 335 g/mol. The van der Waals surface area contributed by atoms with E-state index in [-0.39, 0.29) is 11.7 Å². The second-order valence-corrected chi connectivity index (χ2v) is 5.94. The van der Waals surface area contributed by atoms with Crippen molar-refractivity contribution >= 4 is 23.2 Å². The number of hydrogen-bond donors (Lipinski definition) is 2. The lowest BCUT2D eigenvalue weighted by molar-refractivity contribution is -0.131. The van der Waals surface area contributed by atoms with Gasteiger partial charge in [0.15, 0.2) is 5.11 Å². The van der Waals surface area contributed by atoms with Crippen LogP contribution in [0, 0.1) is 5.82 Å². The molecule has 23 heavy (non-hydrogen) atoms. The van der Waals surface area contributed by atoms with Crippen LogP contribution in [0.4, 0.5) is 4.39 Å². The minimum absolute atomic E-state index is 0.0810. The third-order valence-corrected chi connectivity index (χ3v) is 4.20. The summed E-state index contributed by atoms with van der Waals surface area (Å²) in [5, 5.41) is 6.49. The first kappa shape index (κ1) is 15.9. The van der Waals surface area contributed by atoms with Crippen molar-refractivity contribution in [2.75, 3.05) is 26.3 Å². The highest BCUT2D eigenvalue weighted by molar-refractivity contribution is 7.80. The Bertz CT molecular complexity index is 671. The summed E-state index contributed by atoms with van der Waals surface area (Å²) in [4.78, 5) is 14.7. The minimum Gasteiger partial charge on any atom is -0.378 e. The van der Waals surface area contributed by atoms with E-state index in [2.05, 4.69) is 10.6 Å². The molecule has 0 bridgehead atoms. The van der Waals surface area contributed by atoms with Gasteiger partial charge in [0.25, 0.3) is 5.91 Å². The second kappa shape index (κ2) is 6.64. The number of thiocarbonyl (C=S) groups is 1. The molecule has 2 aliphatic heterocycles. The highest BCUT2D eigenvalue weighted by Crippen LogP contribution is 2.28. The summed E-state index contributed by atoms with van der Waals surface area (Å²) in [5.74, 6) is -0.424. The number of ether oxygens (including phenoxy) is 1. The average molecular weight is 335 g/mol. The number of carbonyl (C=O) groups is 1. The number of morpholine rings is 1. The van der Waals surface area contributed by atoms with Crippen molar-refractivity contribution in [1.29, 1.82) is 0 Å². The Morgan fingerprint density at radius 3 is 2.83 bits per heavy atom. The molecule has 0 radical (unpaired) electrons. The largest absolute Gasteiger partial charge is 0.378 e. The van der Waals surface area contributed by atoms with Crippen LogP contribution in [0.25, 0.3) is 0 Å². The highest BCUT2D eigenvalue weighted by atomic mass is 32.1. The Morgan fingerprint density at radius 2 is 2.13 bits per heavy atom. The summed E-state index contributed by atoms with van der Waals surface area (Å²) in [7, 11) is 0. The maximum atomic E-state index is 13.6. The third-order valence-electron chi connectivity index (χ3n) is 3.98. The van der Waals surface area contributed by atoms with Gasteiger partial charge in [-0.2, -0.15) is 0 Å². The molecule has 0 unspecified atom stereocenters. The fourth-order valence-electron chi connectivity index (χ4n) is 2.85. The molecule has 122 valence electrons. The number of nitrogens with zero attached hydrogens (tertiary/aromatic N) is 1. The molecular weight excluding hydrogens is 317 g/mol. The van der Waals surface area contributed by atoms with Crippen molar-refractivity contribution in [1.82, 2.24) is 15.5 Å². The lowest BCUT2D eigenvalue weighted by atomic mass is 9.94. The van der Waals surface area contributed by atoms with E-state index in [4.69, 9.17) is 17.0 Å². The Morgan fingerprint density at radius 1 is 1.39 bits per heavy atom. The van der Waals surface area contributed by atoms with Crippen LogP contribution in [-0.4, -0.2) is 42.2 Å². The van der Waals surface area contributed by atoms with Gasteiger partial charge in [-0.3, -0.25) is 4.79 Å². The minimum atomic E-state index is -0.463. The number of benzene rings is 1. The Kier molecular flexibility index (Phi) is 4.58. The zero-order valence-electron chi connectivity index (χ0n) is 12.8. The van der Waals surface area contributed by atoms with E-state index < -0.39 is 6.04 Å². The summed E-state index contributed by atoms with van der Waals surface area (Å²) in [6, 6.07) is 5.75. The molecule has 1 saturated heterocycles. The van der Waals surface area contributed by atoms with Gasteiger partial charge in [-0.15, -0.1) is 0 Å². The predicted molar refractivity (Wildman–Crippen MR) is 88.1 cm³/mol. The Labute approximate surface area is 139 Å². The van der Waals surface area contributed by atoms with Gasteiger partial charge in [0.2, 0.25) is 0 Å². The molecule has 1 amide bonds. The normalized spacial score (nSPS) is 21.7. The first-order chi connectivity index (χ1) is 11.1. The SMILES string of the molecule is CC1=C(C(=O)N2CCOCC2)[C@@H](c2cccc(F)c2)NC(=S)N1. The lowest BCUT2D eigenvalue weighted by Gasteiger charge is -2.34. The van der Waals surface area contributed by atoms with Crippen molar-refractivity contribution in [3.8, 4) is 0 Å². The van der Waals surface area contributed by atoms with E-state index in [1.165, 1.54) is 12.1 Å². The maximum Gasteiger partial charge on any atom is 0.254 e. The van der Waals surface area contributed by atoms with Gasteiger partial charge in [0, 0.05) is 18.8 Å². The molecule has 1 fully saturated rings. The van der Waals surface area contributed by atoms with Crippen molar-refractivity contribution < 1.29 is 13.9 Å². The smallest absolute Gasteiger partial charge is 0.254 e. The quantitative estimate of drug-likeness (QED) is 0.802. The number of hydrogen-bond acceptors (Lipinski definition) is 3. The van der Waals surface area contributed by atoms with E-state index >= 15 is 0 Å². The number of carbonyl (C=O) groups excluding carboxylic acids is 1. The van der Waals surface area contributed by atoms with Gasteiger partial charge in [0.05, 0.1) is 24.8 Å². The van der Waals surface area contributed by atoms with Gasteiger partial charge < -0.3 is 20.3 Å². The number of allylic oxidation sites excluding steroid dienone is 1. The molecular formula is C16H18FN3O2S. The van der Waals surface area contributed by atoms with Gasteiger partial charge in [-0.25, -0.2) is 4.39 Å². The van der Waals surface area contributed by atoms with Crippen LogP contribution in [-0.2, 0) is 9.53 Å². The molecule has 1 aromatic rings. The Balaban J connectivity index is 1.97. The van der Waals surface area contributed by atoms with Crippen LogP contribution in [0.15, 0.2) is 35.5 Å². The lowest BCUT2D eigenvalue weighted by Crippen LogP contribution is -2.49. The average Bonchev–Trinajstić information content (AvgIpc) is 2.54. The molecule has 2 aliphatic rings. The first-order valence-corrected chi connectivity index (χ1v) is 7.88. The summed E-state index contributed by atoms with van der Waals surface area (Å²) in [5.41, 5.74) is 1.93. The van der Waals surface area contributed by atoms with Crippen LogP contribution in [0.1, 0.15) is 18.5 Å². The van der Waals surface area contributed by atoms with Crippen LogP contribution in [0.2, 0.25) is 0 Å². The van der Waals surface area contributed by atoms with Crippen molar-refractivity contribution in [2.45, 2.75) is 13.0 Å². The summed E-state index contributed by atoms with van der Waals surface area (Å²) >= 11 is 5.19. The molecule has 1 aromatic carbocycles. The first-order valence-electron chi connectivity index (χ1n) is 7.47. The van der Waals surface area contributed by atoms with Gasteiger partial charge in [-0.1, -0.05) is 12.1 Å². The molecule has 3 rings (SSSR count). The van der Waals surface area contributed by atoms with Crippen molar-refractivity contribution in [2.24, 2.45) is 0 Å². The number of amides is 1. The summed E-state index contributed by atoms with van der Waals surface area (Å²) in [6.45, 7) is 3.98. The molecule has 0 aliphatic carbocycles. The fraction of sp³-hybridized carbons (Fsp3) is 0.375. The van der Waals surface area contributed by atoms with E-state index in [1.807, 2.05) is 6.92 Å². The second-order valence-electron chi connectivity index (χ2n) is 5.53. The van der Waals surface area contributed by atoms with Crippen molar-refractivity contribution in [3.63, 3.8) is 0 Å². The molecule has 5 nitrogen and oxygen atoms in total. The summed E-state index contributed by atoms with van der Waals surface area (Å²) in [6.07, 6.45) is 0. The van der Waals surface area contributed by atoms with E-state index in [9.17, 15) is 9.18 Å². The van der Waals surface area contributed by atoms with E-state index in [1.54, 1.807) is 17.0 Å². The molecule has 1 atom stereocenters. The number of nitrogens with one attached hydrogen (secondary N) is 2. The van der Waals surface area contributed by atoms with Crippen LogP contribution < -0.4 is 10.6 Å². The molecule has 2 heterocycles. The molecule has 2 N–H and O–H groups in total. The van der Waals surface area contributed by atoms with Gasteiger partial charge in [0.1, 0.15) is 5.82 Å². The molecule has 0 spiro atoms. The molecule has 0 aromatic heterocycles. The van der Waals surface area contributed by atoms with E-state index in [0.717, 1.165) is 0 Å². The summed E-state index contributed by atoms with van der Waals surface area (Å²) < 4.78 is 18.9. The maximum absolute atomic E-state index is 13.6. The fourth-order valence-corrected chi connectivity index (χ4v) is 3.12. The van der Waals surface area contributed by atoms with Crippen LogP contribution in [0.3, 0.4) is 0 Å². The number of halogens is 1. The van der Waals surface area contributed by atoms with Gasteiger partial charge in [-0.05, 0) is 36.8 Å². The topological polar surface area (TPSA) is 53.6 Å². The van der Waals surface area contributed by atoms with Crippen LogP contribution in [0.5, 0.6) is 0 Å². The van der Waals surface area contributed by atoms with Crippen LogP contribution >= 0.6 is 12.2 Å². The predicted octanol–water partition coefficient (Wildman–Crippen LogP) is 1.48. The number of rotatable bonds is 2. The Hall–Kier alpha value is -1.99. The van der Waals surface area contributed by atoms with E-state index in [0.29, 0.717) is 48.2 Å².